The van der Waals surface area contributed by atoms with Gasteiger partial charge in [0, 0.05) is 50.9 Å². The molecular weight excluding hydrogens is 354 g/mol. The van der Waals surface area contributed by atoms with Crippen LogP contribution in [0.4, 0.5) is 5.82 Å². The predicted molar refractivity (Wildman–Crippen MR) is 109 cm³/mol. The first-order valence-electron chi connectivity index (χ1n) is 10.1. The maximum absolute atomic E-state index is 12.8. The molecule has 2 aliphatic rings. The van der Waals surface area contributed by atoms with Crippen LogP contribution in [0.2, 0.25) is 0 Å². The highest BCUT2D eigenvalue weighted by Gasteiger charge is 2.19. The minimum atomic E-state index is -0.145. The van der Waals surface area contributed by atoms with Crippen LogP contribution in [0.1, 0.15) is 23.3 Å². The molecule has 0 atom stereocenters. The number of carbonyl (C=O) groups excluding carboxylic acids is 1. The van der Waals surface area contributed by atoms with Crippen molar-refractivity contribution in [2.45, 2.75) is 12.8 Å². The molecule has 0 unspecified atom stereocenters. The number of carbonyl (C=O) groups is 1. The fraction of sp³-hybridized carbons (Fsp3) is 0.476. The Morgan fingerprint density at radius 2 is 1.79 bits per heavy atom. The van der Waals surface area contributed by atoms with Gasteiger partial charge in [-0.15, -0.1) is 0 Å². The van der Waals surface area contributed by atoms with Crippen LogP contribution in [0.5, 0.6) is 0 Å². The Balaban J connectivity index is 1.49. The average Bonchev–Trinajstić information content (AvgIpc) is 3.30. The number of amides is 1. The van der Waals surface area contributed by atoms with E-state index in [4.69, 9.17) is 9.72 Å². The minimum Gasteiger partial charge on any atom is -0.379 e. The SMILES string of the molecule is O=C(NCCN1CCOCC1)c1cc(N2CCCC2)nc(-c2ccccc2)n1. The van der Waals surface area contributed by atoms with E-state index in [9.17, 15) is 4.79 Å². The van der Waals surface area contributed by atoms with Gasteiger partial charge in [0.15, 0.2) is 5.82 Å². The van der Waals surface area contributed by atoms with Crippen LogP contribution in [-0.2, 0) is 4.74 Å². The van der Waals surface area contributed by atoms with E-state index in [0.717, 1.165) is 70.2 Å². The molecule has 7 nitrogen and oxygen atoms in total. The smallest absolute Gasteiger partial charge is 0.270 e. The number of nitrogens with one attached hydrogen (secondary N) is 1. The van der Waals surface area contributed by atoms with E-state index in [-0.39, 0.29) is 5.91 Å². The van der Waals surface area contributed by atoms with Gasteiger partial charge in [0.25, 0.3) is 5.91 Å². The lowest BCUT2D eigenvalue weighted by Crippen LogP contribution is -2.41. The molecule has 1 N–H and O–H groups in total. The lowest BCUT2D eigenvalue weighted by molar-refractivity contribution is 0.0383. The van der Waals surface area contributed by atoms with E-state index in [0.29, 0.717) is 18.1 Å². The first-order chi connectivity index (χ1) is 13.8. The molecule has 1 amide bonds. The van der Waals surface area contributed by atoms with Crippen molar-refractivity contribution in [3.05, 3.63) is 42.1 Å². The van der Waals surface area contributed by atoms with Crippen LogP contribution >= 0.6 is 0 Å². The van der Waals surface area contributed by atoms with Crippen molar-refractivity contribution < 1.29 is 9.53 Å². The summed E-state index contributed by atoms with van der Waals surface area (Å²) >= 11 is 0. The van der Waals surface area contributed by atoms with Crippen molar-refractivity contribution >= 4 is 11.7 Å². The van der Waals surface area contributed by atoms with E-state index in [1.54, 1.807) is 0 Å². The molecule has 0 bridgehead atoms. The van der Waals surface area contributed by atoms with Crippen LogP contribution < -0.4 is 10.2 Å². The molecule has 0 spiro atoms. The Labute approximate surface area is 165 Å². The molecule has 0 radical (unpaired) electrons. The summed E-state index contributed by atoms with van der Waals surface area (Å²) in [6, 6.07) is 11.7. The molecule has 1 aromatic carbocycles. The van der Waals surface area contributed by atoms with Gasteiger partial charge >= 0.3 is 0 Å². The second kappa shape index (κ2) is 9.12. The summed E-state index contributed by atoms with van der Waals surface area (Å²) in [5.74, 6) is 1.29. The zero-order valence-electron chi connectivity index (χ0n) is 16.1. The summed E-state index contributed by atoms with van der Waals surface area (Å²) in [6.45, 7) is 6.74. The average molecular weight is 381 g/mol. The number of hydrogen-bond acceptors (Lipinski definition) is 6. The summed E-state index contributed by atoms with van der Waals surface area (Å²) in [5.41, 5.74) is 1.35. The highest BCUT2D eigenvalue weighted by Crippen LogP contribution is 2.23. The predicted octanol–water partition coefficient (Wildman–Crippen LogP) is 1.81. The molecule has 7 heteroatoms. The van der Waals surface area contributed by atoms with Crippen molar-refractivity contribution in [3.63, 3.8) is 0 Å². The van der Waals surface area contributed by atoms with E-state index in [1.165, 1.54) is 0 Å². The molecule has 148 valence electrons. The molecule has 28 heavy (non-hydrogen) atoms. The van der Waals surface area contributed by atoms with Gasteiger partial charge in [-0.3, -0.25) is 9.69 Å². The zero-order chi connectivity index (χ0) is 19.2. The van der Waals surface area contributed by atoms with Crippen molar-refractivity contribution in [1.82, 2.24) is 20.2 Å². The molecule has 1 aromatic heterocycles. The fourth-order valence-corrected chi connectivity index (χ4v) is 3.62. The second-order valence-electron chi connectivity index (χ2n) is 7.21. The minimum absolute atomic E-state index is 0.145. The third-order valence-corrected chi connectivity index (χ3v) is 5.22. The van der Waals surface area contributed by atoms with E-state index in [2.05, 4.69) is 20.1 Å². The topological polar surface area (TPSA) is 70.6 Å². The molecule has 0 saturated carbocycles. The monoisotopic (exact) mass is 381 g/mol. The molecule has 3 heterocycles. The zero-order valence-corrected chi connectivity index (χ0v) is 16.1. The van der Waals surface area contributed by atoms with Crippen molar-refractivity contribution in [2.75, 3.05) is 57.4 Å². The Bertz CT molecular complexity index is 787. The summed E-state index contributed by atoms with van der Waals surface area (Å²) in [4.78, 5) is 26.6. The van der Waals surface area contributed by atoms with Crippen LogP contribution in [0.25, 0.3) is 11.4 Å². The van der Waals surface area contributed by atoms with Crippen LogP contribution in [-0.4, -0.2) is 73.3 Å². The maximum atomic E-state index is 12.8. The summed E-state index contributed by atoms with van der Waals surface area (Å²) in [6.07, 6.45) is 2.32. The normalized spacial score (nSPS) is 17.6. The highest BCUT2D eigenvalue weighted by molar-refractivity contribution is 5.93. The van der Waals surface area contributed by atoms with Gasteiger partial charge < -0.3 is 15.0 Å². The molecule has 2 aromatic rings. The summed E-state index contributed by atoms with van der Waals surface area (Å²) in [7, 11) is 0. The number of hydrogen-bond donors (Lipinski definition) is 1. The van der Waals surface area contributed by atoms with Crippen LogP contribution in [0.15, 0.2) is 36.4 Å². The standard InChI is InChI=1S/C21H27N5O2/c27-21(22-8-11-25-12-14-28-15-13-25)18-16-19(26-9-4-5-10-26)24-20(23-18)17-6-2-1-3-7-17/h1-3,6-7,16H,4-5,8-15H2,(H,22,27). The molecular formula is C21H27N5O2. The third kappa shape index (κ3) is 4.66. The Hall–Kier alpha value is -2.51. The van der Waals surface area contributed by atoms with Gasteiger partial charge in [-0.2, -0.15) is 0 Å². The van der Waals surface area contributed by atoms with E-state index >= 15 is 0 Å². The number of anilines is 1. The number of nitrogens with zero attached hydrogens (tertiary/aromatic N) is 4. The summed E-state index contributed by atoms with van der Waals surface area (Å²) in [5, 5.41) is 3.01. The lowest BCUT2D eigenvalue weighted by atomic mass is 10.2. The van der Waals surface area contributed by atoms with Gasteiger partial charge in [-0.1, -0.05) is 30.3 Å². The second-order valence-corrected chi connectivity index (χ2v) is 7.21. The number of ether oxygens (including phenoxy) is 1. The number of benzene rings is 1. The lowest BCUT2D eigenvalue weighted by Gasteiger charge is -2.26. The number of morpholine rings is 1. The Kier molecular flexibility index (Phi) is 6.14. The van der Waals surface area contributed by atoms with Crippen LogP contribution in [0, 0.1) is 0 Å². The van der Waals surface area contributed by atoms with Crippen LogP contribution in [0.3, 0.4) is 0 Å². The molecule has 0 aliphatic carbocycles. The van der Waals surface area contributed by atoms with Gasteiger partial charge in [-0.05, 0) is 12.8 Å². The van der Waals surface area contributed by atoms with Crippen molar-refractivity contribution in [1.29, 1.82) is 0 Å². The van der Waals surface area contributed by atoms with Gasteiger partial charge in [0.05, 0.1) is 13.2 Å². The molecule has 2 fully saturated rings. The van der Waals surface area contributed by atoms with Gasteiger partial charge in [0.2, 0.25) is 0 Å². The van der Waals surface area contributed by atoms with Crippen molar-refractivity contribution in [2.24, 2.45) is 0 Å². The Morgan fingerprint density at radius 3 is 2.54 bits per heavy atom. The first-order valence-corrected chi connectivity index (χ1v) is 10.1. The van der Waals surface area contributed by atoms with Gasteiger partial charge in [0.1, 0.15) is 11.5 Å². The Morgan fingerprint density at radius 1 is 1.04 bits per heavy atom. The molecule has 2 saturated heterocycles. The molecule has 2 aliphatic heterocycles. The molecule has 4 rings (SSSR count). The number of aromatic nitrogens is 2. The van der Waals surface area contributed by atoms with E-state index in [1.807, 2.05) is 36.4 Å². The third-order valence-electron chi connectivity index (χ3n) is 5.22. The largest absolute Gasteiger partial charge is 0.379 e. The van der Waals surface area contributed by atoms with Crippen molar-refractivity contribution in [3.8, 4) is 11.4 Å². The fourth-order valence-electron chi connectivity index (χ4n) is 3.62. The summed E-state index contributed by atoms with van der Waals surface area (Å²) < 4.78 is 5.36. The van der Waals surface area contributed by atoms with Gasteiger partial charge in [-0.25, -0.2) is 9.97 Å². The first kappa shape index (κ1) is 18.8. The number of rotatable bonds is 6. The highest BCUT2D eigenvalue weighted by atomic mass is 16.5. The quantitative estimate of drug-likeness (QED) is 0.823. The van der Waals surface area contributed by atoms with E-state index < -0.39 is 0 Å². The maximum Gasteiger partial charge on any atom is 0.270 e.